The molecule has 0 radical (unpaired) electrons. The third-order valence-corrected chi connectivity index (χ3v) is 6.54. The van der Waals surface area contributed by atoms with Crippen LogP contribution in [0, 0.1) is 0 Å². The molecule has 2 aromatic heterocycles. The Morgan fingerprint density at radius 1 is 1.12 bits per heavy atom. The zero-order valence-electron chi connectivity index (χ0n) is 19.0. The van der Waals surface area contributed by atoms with E-state index >= 15 is 0 Å². The first-order chi connectivity index (χ1) is 16.2. The lowest BCUT2D eigenvalue weighted by molar-refractivity contribution is -0.141. The number of rotatable bonds is 4. The largest absolute Gasteiger partial charge is 0.496 e. The molecule has 0 saturated carbocycles. The van der Waals surface area contributed by atoms with Crippen LogP contribution in [0.15, 0.2) is 42.7 Å². The molecule has 0 fully saturated rings. The highest BCUT2D eigenvalue weighted by atomic mass is 19.4. The highest BCUT2D eigenvalue weighted by Crippen LogP contribution is 2.36. The number of alkyl halides is 3. The number of halogens is 3. The molecule has 0 spiro atoms. The van der Waals surface area contributed by atoms with Crippen molar-refractivity contribution in [1.82, 2.24) is 19.4 Å². The molecule has 2 aliphatic rings. The average molecular weight is 470 g/mol. The minimum atomic E-state index is -4.44. The molecule has 5 rings (SSSR count). The fraction of sp³-hybridized carbons (Fsp3) is 0.360. The van der Waals surface area contributed by atoms with Gasteiger partial charge in [-0.3, -0.25) is 4.79 Å². The van der Waals surface area contributed by atoms with Crippen molar-refractivity contribution in [2.45, 2.75) is 19.0 Å². The van der Waals surface area contributed by atoms with Crippen LogP contribution in [0.4, 0.5) is 13.2 Å². The fourth-order valence-electron chi connectivity index (χ4n) is 4.74. The van der Waals surface area contributed by atoms with Gasteiger partial charge in [-0.25, -0.2) is 4.52 Å². The molecule has 178 valence electrons. The van der Waals surface area contributed by atoms with Crippen molar-refractivity contribution in [1.29, 1.82) is 0 Å². The van der Waals surface area contributed by atoms with Gasteiger partial charge in [0.05, 0.1) is 24.4 Å². The van der Waals surface area contributed by atoms with Crippen LogP contribution in [0.3, 0.4) is 0 Å². The van der Waals surface area contributed by atoms with Crippen LogP contribution in [-0.2, 0) is 6.42 Å². The number of carbonyl (C=O) groups excluding carboxylic acids is 1. The summed E-state index contributed by atoms with van der Waals surface area (Å²) in [5, 5.41) is 4.54. The van der Waals surface area contributed by atoms with Crippen molar-refractivity contribution in [3.63, 3.8) is 0 Å². The van der Waals surface area contributed by atoms with E-state index in [1.54, 1.807) is 12.3 Å². The Hall–Kier alpha value is -3.33. The minimum absolute atomic E-state index is 0.0143. The molecule has 0 aliphatic carbocycles. The van der Waals surface area contributed by atoms with Crippen LogP contribution in [0.25, 0.3) is 22.2 Å². The highest BCUT2D eigenvalue weighted by Gasteiger charge is 2.37. The number of nitrogens with zero attached hydrogens (tertiary/aromatic N) is 4. The molecular weight excluding hydrogens is 445 g/mol. The molecular formula is C25H25F3N4O2. The van der Waals surface area contributed by atoms with Gasteiger partial charge in [-0.2, -0.15) is 18.3 Å². The van der Waals surface area contributed by atoms with E-state index in [0.717, 1.165) is 46.6 Å². The predicted octanol–water partition coefficient (Wildman–Crippen LogP) is 4.29. The zero-order chi connectivity index (χ0) is 24.0. The van der Waals surface area contributed by atoms with Gasteiger partial charge in [-0.05, 0) is 60.4 Å². The van der Waals surface area contributed by atoms with E-state index in [1.165, 1.54) is 12.7 Å². The maximum atomic E-state index is 12.9. The van der Waals surface area contributed by atoms with Crippen LogP contribution >= 0.6 is 0 Å². The van der Waals surface area contributed by atoms with E-state index in [2.05, 4.69) is 29.2 Å². The third-order valence-electron chi connectivity index (χ3n) is 6.54. The van der Waals surface area contributed by atoms with E-state index in [1.807, 2.05) is 22.8 Å². The number of amides is 1. The van der Waals surface area contributed by atoms with Gasteiger partial charge in [0.1, 0.15) is 12.3 Å². The lowest BCUT2D eigenvalue weighted by Gasteiger charge is -2.30. The maximum absolute atomic E-state index is 12.9. The summed E-state index contributed by atoms with van der Waals surface area (Å²) in [6, 6.07) is 7.69. The van der Waals surface area contributed by atoms with Gasteiger partial charge in [0.25, 0.3) is 5.91 Å². The molecule has 0 bridgehead atoms. The molecule has 0 unspecified atom stereocenters. The summed E-state index contributed by atoms with van der Waals surface area (Å²) in [6.07, 6.45) is 2.89. The topological polar surface area (TPSA) is 50.1 Å². The molecule has 0 N–H and O–H groups in total. The summed E-state index contributed by atoms with van der Waals surface area (Å²) in [7, 11) is 3.53. The molecule has 1 amide bonds. The fourth-order valence-corrected chi connectivity index (χ4v) is 4.74. The number of pyridine rings is 1. The van der Waals surface area contributed by atoms with Crippen molar-refractivity contribution in [2.75, 3.05) is 40.3 Å². The van der Waals surface area contributed by atoms with Crippen LogP contribution in [0.1, 0.15) is 27.9 Å². The van der Waals surface area contributed by atoms with Crippen LogP contribution < -0.4 is 4.74 Å². The summed E-state index contributed by atoms with van der Waals surface area (Å²) in [5.41, 5.74) is 5.91. The summed E-state index contributed by atoms with van der Waals surface area (Å²) >= 11 is 0. The number of benzene rings is 1. The first-order valence-corrected chi connectivity index (χ1v) is 11.2. The number of carbonyl (C=O) groups is 1. The Kier molecular flexibility index (Phi) is 5.59. The first-order valence-electron chi connectivity index (χ1n) is 11.2. The highest BCUT2D eigenvalue weighted by molar-refractivity contribution is 6.00. The Morgan fingerprint density at radius 2 is 1.94 bits per heavy atom. The van der Waals surface area contributed by atoms with E-state index in [0.29, 0.717) is 12.0 Å². The van der Waals surface area contributed by atoms with E-state index in [-0.39, 0.29) is 17.9 Å². The quantitative estimate of drug-likeness (QED) is 0.571. The number of ether oxygens (including phenoxy) is 1. The summed E-state index contributed by atoms with van der Waals surface area (Å²) in [5.74, 6) is -0.380. The molecule has 34 heavy (non-hydrogen) atoms. The third kappa shape index (κ3) is 4.16. The lowest BCUT2D eigenvalue weighted by atomic mass is 9.93. The van der Waals surface area contributed by atoms with Crippen molar-refractivity contribution < 1.29 is 22.7 Å². The second-order valence-corrected chi connectivity index (χ2v) is 8.85. The molecule has 0 saturated heterocycles. The van der Waals surface area contributed by atoms with E-state index in [9.17, 15) is 18.0 Å². The Bertz CT molecular complexity index is 1280. The predicted molar refractivity (Wildman–Crippen MR) is 123 cm³/mol. The van der Waals surface area contributed by atoms with Gasteiger partial charge in [0.15, 0.2) is 0 Å². The van der Waals surface area contributed by atoms with E-state index < -0.39 is 18.6 Å². The molecule has 6 nitrogen and oxygen atoms in total. The molecule has 1 aromatic carbocycles. The number of fused-ring (bicyclic) bond motifs is 2. The second kappa shape index (κ2) is 8.47. The molecule has 3 aromatic rings. The molecule has 2 aliphatic heterocycles. The normalized spacial score (nSPS) is 17.1. The van der Waals surface area contributed by atoms with Crippen LogP contribution in [0.5, 0.6) is 5.75 Å². The van der Waals surface area contributed by atoms with Crippen LogP contribution in [-0.4, -0.2) is 71.8 Å². The second-order valence-electron chi connectivity index (χ2n) is 8.85. The lowest BCUT2D eigenvalue weighted by Crippen LogP contribution is -2.43. The van der Waals surface area contributed by atoms with Gasteiger partial charge in [-0.1, -0.05) is 12.1 Å². The molecule has 0 atom stereocenters. The molecule has 9 heteroatoms. The van der Waals surface area contributed by atoms with Crippen LogP contribution in [0.2, 0.25) is 0 Å². The Morgan fingerprint density at radius 3 is 2.65 bits per heavy atom. The monoisotopic (exact) mass is 470 g/mol. The van der Waals surface area contributed by atoms with Gasteiger partial charge in [0, 0.05) is 31.4 Å². The van der Waals surface area contributed by atoms with Crippen molar-refractivity contribution in [3.05, 3.63) is 59.4 Å². The number of likely N-dealkylation sites (N-methyl/N-ethyl adjacent to an activating group) is 1. The summed E-state index contributed by atoms with van der Waals surface area (Å²) in [6.45, 7) is 0.688. The van der Waals surface area contributed by atoms with Crippen molar-refractivity contribution in [2.24, 2.45) is 0 Å². The molecule has 4 heterocycles. The average Bonchev–Trinajstić information content (AvgIpc) is 3.23. The van der Waals surface area contributed by atoms with Crippen molar-refractivity contribution in [3.8, 4) is 16.9 Å². The van der Waals surface area contributed by atoms with Gasteiger partial charge >= 0.3 is 6.18 Å². The van der Waals surface area contributed by atoms with E-state index in [4.69, 9.17) is 4.74 Å². The Labute approximate surface area is 195 Å². The standard InChI is InChI=1S/C25H25F3N4O2/c1-30-8-5-16(6-9-30)18-3-4-21-20(13-29-32(21)14-18)19-11-17-7-10-31(15-25(26,27)28)24(33)23(17)22(12-19)34-2/h3-5,11-14H,6-10,15H2,1-2H3. The minimum Gasteiger partial charge on any atom is -0.496 e. The summed E-state index contributed by atoms with van der Waals surface area (Å²) < 4.78 is 46.0. The Balaban J connectivity index is 1.50. The van der Waals surface area contributed by atoms with Gasteiger partial charge in [-0.15, -0.1) is 0 Å². The SMILES string of the molecule is COc1cc(-c2cnn3cc(C4=CCN(C)CC4)ccc23)cc2c1C(=O)N(CC(F)(F)F)CC2. The van der Waals surface area contributed by atoms with Gasteiger partial charge < -0.3 is 14.5 Å². The summed E-state index contributed by atoms with van der Waals surface area (Å²) in [4.78, 5) is 15.9. The number of hydrogen-bond acceptors (Lipinski definition) is 4. The van der Waals surface area contributed by atoms with Crippen molar-refractivity contribution >= 4 is 17.0 Å². The number of aromatic nitrogens is 2. The zero-order valence-corrected chi connectivity index (χ0v) is 19.0. The number of methoxy groups -OCH3 is 1. The smallest absolute Gasteiger partial charge is 0.406 e. The first kappa shape index (κ1) is 22.5. The van der Waals surface area contributed by atoms with Gasteiger partial charge in [0.2, 0.25) is 0 Å². The number of hydrogen-bond donors (Lipinski definition) is 0. The maximum Gasteiger partial charge on any atom is 0.406 e.